The number of hydrazone groups is 1. The molecule has 0 aliphatic heterocycles. The van der Waals surface area contributed by atoms with Crippen molar-refractivity contribution in [2.24, 2.45) is 5.10 Å². The van der Waals surface area contributed by atoms with E-state index >= 15 is 0 Å². The van der Waals surface area contributed by atoms with Gasteiger partial charge in [-0.2, -0.15) is 20.1 Å². The molecule has 8 nitrogen and oxygen atoms in total. The van der Waals surface area contributed by atoms with Crippen molar-refractivity contribution in [2.75, 3.05) is 36.8 Å². The van der Waals surface area contributed by atoms with Crippen LogP contribution in [0.25, 0.3) is 0 Å². The average Bonchev–Trinajstić information content (AvgIpc) is 2.69. The lowest BCUT2D eigenvalue weighted by atomic mass is 10.2. The fourth-order valence-electron chi connectivity index (χ4n) is 2.38. The number of aromatic nitrogens is 3. The van der Waals surface area contributed by atoms with Gasteiger partial charge in [-0.3, -0.25) is 0 Å². The third kappa shape index (κ3) is 6.74. The Balaban J connectivity index is 0.00000341. The van der Waals surface area contributed by atoms with E-state index in [1.54, 1.807) is 30.4 Å². The quantitative estimate of drug-likeness (QED) is 0.295. The second-order valence-electron chi connectivity index (χ2n) is 6.19. The van der Waals surface area contributed by atoms with E-state index in [1.165, 1.54) is 12.1 Å². The van der Waals surface area contributed by atoms with Gasteiger partial charge in [0.25, 0.3) is 0 Å². The molecule has 0 radical (unpaired) electrons. The fraction of sp³-hybridized carbons (Fsp3) is 0.158. The summed E-state index contributed by atoms with van der Waals surface area (Å²) in [6.45, 7) is 0. The number of rotatable bonds is 7. The molecule has 0 aliphatic carbocycles. The molecule has 1 heterocycles. The Labute approximate surface area is 202 Å². The number of benzene rings is 2. The first-order valence-electron chi connectivity index (χ1n) is 8.64. The zero-order chi connectivity index (χ0) is 21.7. The summed E-state index contributed by atoms with van der Waals surface area (Å²) in [7, 11) is 5.21. The molecule has 1 aromatic heterocycles. The Morgan fingerprint density at radius 1 is 1.06 bits per heavy atom. The maximum absolute atomic E-state index is 13.1. The predicted molar refractivity (Wildman–Crippen MR) is 131 cm³/mol. The molecule has 0 saturated heterocycles. The van der Waals surface area contributed by atoms with Gasteiger partial charge in [-0.1, -0.05) is 15.9 Å². The lowest BCUT2D eigenvalue weighted by molar-refractivity contribution is 0.411. The van der Waals surface area contributed by atoms with E-state index in [-0.39, 0.29) is 24.2 Å². The van der Waals surface area contributed by atoms with Gasteiger partial charge in [-0.25, -0.2) is 9.82 Å². The van der Waals surface area contributed by atoms with Crippen LogP contribution in [0.15, 0.2) is 50.4 Å². The second-order valence-corrected chi connectivity index (χ2v) is 7.96. The predicted octanol–water partition coefficient (Wildman–Crippen LogP) is 5.22. The van der Waals surface area contributed by atoms with Crippen LogP contribution in [0, 0.1) is 5.82 Å². The molecule has 0 spiro atoms. The number of halogens is 4. The number of ether oxygens (including phenoxy) is 1. The molecule has 0 saturated carbocycles. The molecule has 0 bridgehead atoms. The number of hydrogen-bond acceptors (Lipinski definition) is 8. The van der Waals surface area contributed by atoms with Crippen LogP contribution in [0.2, 0.25) is 0 Å². The number of nitrogens with zero attached hydrogens (tertiary/aromatic N) is 5. The Kier molecular flexibility index (Phi) is 8.96. The van der Waals surface area contributed by atoms with Crippen LogP contribution in [0.3, 0.4) is 0 Å². The van der Waals surface area contributed by atoms with Gasteiger partial charge in [0.05, 0.1) is 17.8 Å². The number of hydrogen-bond donors (Lipinski definition) is 2. The molecule has 0 atom stereocenters. The van der Waals surface area contributed by atoms with Crippen molar-refractivity contribution < 1.29 is 9.13 Å². The normalized spacial score (nSPS) is 10.5. The molecule has 0 aliphatic rings. The number of anilines is 4. The highest BCUT2D eigenvalue weighted by atomic mass is 79.9. The third-order valence-corrected chi connectivity index (χ3v) is 4.78. The van der Waals surface area contributed by atoms with Crippen molar-refractivity contribution >= 4 is 74.0 Å². The largest absolute Gasteiger partial charge is 0.495 e. The molecule has 2 N–H and O–H groups in total. The van der Waals surface area contributed by atoms with Gasteiger partial charge in [0.1, 0.15) is 11.6 Å². The Hall–Kier alpha value is -2.50. The minimum Gasteiger partial charge on any atom is -0.495 e. The van der Waals surface area contributed by atoms with Crippen molar-refractivity contribution in [3.63, 3.8) is 0 Å². The monoisotopic (exact) mass is 573 g/mol. The fourth-order valence-corrected chi connectivity index (χ4v) is 3.80. The van der Waals surface area contributed by atoms with Crippen LogP contribution >= 0.6 is 44.3 Å². The molecule has 0 amide bonds. The highest BCUT2D eigenvalue weighted by Gasteiger charge is 2.10. The van der Waals surface area contributed by atoms with Gasteiger partial charge in [0.2, 0.25) is 17.8 Å². The minimum absolute atomic E-state index is 0. The molecule has 12 heteroatoms. The molecule has 3 aromatic rings. The average molecular weight is 576 g/mol. The van der Waals surface area contributed by atoms with Crippen molar-refractivity contribution in [1.29, 1.82) is 0 Å². The summed E-state index contributed by atoms with van der Waals surface area (Å²) in [5.74, 6) is 1.28. The lowest BCUT2D eigenvalue weighted by Gasteiger charge is -2.13. The first kappa shape index (κ1) is 24.8. The molecule has 0 unspecified atom stereocenters. The number of nitrogens with one attached hydrogen (secondary N) is 2. The van der Waals surface area contributed by atoms with Gasteiger partial charge >= 0.3 is 0 Å². The summed E-state index contributed by atoms with van der Waals surface area (Å²) in [6.07, 6.45) is 1.60. The van der Waals surface area contributed by atoms with Crippen molar-refractivity contribution in [1.82, 2.24) is 15.0 Å². The maximum Gasteiger partial charge on any atom is 0.250 e. The minimum atomic E-state index is -0.323. The van der Waals surface area contributed by atoms with Crippen LogP contribution in [-0.2, 0) is 0 Å². The summed E-state index contributed by atoms with van der Waals surface area (Å²) in [6, 6.07) is 9.64. The van der Waals surface area contributed by atoms with Gasteiger partial charge in [0, 0.05) is 29.8 Å². The van der Waals surface area contributed by atoms with Crippen molar-refractivity contribution in [2.45, 2.75) is 0 Å². The molecular formula is C19H19Br2ClFN7O. The number of methoxy groups -OCH3 is 1. The Morgan fingerprint density at radius 3 is 2.39 bits per heavy atom. The molecule has 0 fully saturated rings. The highest BCUT2D eigenvalue weighted by Crippen LogP contribution is 2.31. The van der Waals surface area contributed by atoms with E-state index in [1.807, 2.05) is 26.2 Å². The summed E-state index contributed by atoms with van der Waals surface area (Å²) >= 11 is 6.90. The first-order chi connectivity index (χ1) is 14.4. The SMILES string of the molecule is COc1c(Br)cc(Br)cc1C=NNc1nc(Nc2ccc(F)cc2)nc(N(C)C)n1.Cl. The van der Waals surface area contributed by atoms with Gasteiger partial charge in [0.15, 0.2) is 0 Å². The highest BCUT2D eigenvalue weighted by molar-refractivity contribution is 9.11. The van der Waals surface area contributed by atoms with E-state index in [2.05, 4.69) is 62.7 Å². The van der Waals surface area contributed by atoms with E-state index in [9.17, 15) is 4.39 Å². The maximum atomic E-state index is 13.1. The zero-order valence-corrected chi connectivity index (χ0v) is 20.7. The molecule has 31 heavy (non-hydrogen) atoms. The van der Waals surface area contributed by atoms with Gasteiger partial charge in [-0.05, 0) is 52.3 Å². The molecule has 2 aromatic carbocycles. The van der Waals surface area contributed by atoms with Crippen molar-refractivity contribution in [3.8, 4) is 5.75 Å². The van der Waals surface area contributed by atoms with Gasteiger partial charge < -0.3 is 15.0 Å². The summed E-state index contributed by atoms with van der Waals surface area (Å²) < 4.78 is 20.2. The molecule has 3 rings (SSSR count). The third-order valence-electron chi connectivity index (χ3n) is 3.73. The Morgan fingerprint density at radius 2 is 1.74 bits per heavy atom. The smallest absolute Gasteiger partial charge is 0.250 e. The summed E-state index contributed by atoms with van der Waals surface area (Å²) in [5.41, 5.74) is 4.20. The zero-order valence-electron chi connectivity index (χ0n) is 16.7. The van der Waals surface area contributed by atoms with E-state index in [0.29, 0.717) is 23.3 Å². The Bertz CT molecular complexity index is 1070. The van der Waals surface area contributed by atoms with Crippen LogP contribution in [0.4, 0.5) is 27.9 Å². The van der Waals surface area contributed by atoms with E-state index < -0.39 is 0 Å². The van der Waals surface area contributed by atoms with Crippen LogP contribution in [0.1, 0.15) is 5.56 Å². The molecule has 164 valence electrons. The second kappa shape index (κ2) is 11.2. The van der Waals surface area contributed by atoms with Crippen LogP contribution in [0.5, 0.6) is 5.75 Å². The summed E-state index contributed by atoms with van der Waals surface area (Å²) in [5, 5.41) is 7.25. The lowest BCUT2D eigenvalue weighted by Crippen LogP contribution is -2.15. The van der Waals surface area contributed by atoms with Gasteiger partial charge in [-0.15, -0.1) is 12.4 Å². The summed E-state index contributed by atoms with van der Waals surface area (Å²) in [4.78, 5) is 14.7. The van der Waals surface area contributed by atoms with E-state index in [0.717, 1.165) is 14.5 Å². The van der Waals surface area contributed by atoms with Crippen molar-refractivity contribution in [3.05, 3.63) is 56.7 Å². The van der Waals surface area contributed by atoms with Crippen LogP contribution in [-0.4, -0.2) is 42.4 Å². The van der Waals surface area contributed by atoms with Crippen LogP contribution < -0.4 is 20.4 Å². The topological polar surface area (TPSA) is 87.6 Å². The van der Waals surface area contributed by atoms with E-state index in [4.69, 9.17) is 4.74 Å². The molecular weight excluding hydrogens is 557 g/mol. The standard InChI is InChI=1S/C19H18Br2FN7O.ClH/c1-29(2)19-26-17(24-14-6-4-13(22)5-7-14)25-18(27-19)28-23-10-11-8-12(20)9-15(21)16(11)30-3;/h4-10H,1-3H3,(H2,24,25,26,27,28);1H. The first-order valence-corrected chi connectivity index (χ1v) is 10.2.